The first-order valence-corrected chi connectivity index (χ1v) is 2.79. The first-order valence-electron chi connectivity index (χ1n) is 2.79. The summed E-state index contributed by atoms with van der Waals surface area (Å²) in [6.45, 7) is 6.00. The van der Waals surface area contributed by atoms with Crippen molar-refractivity contribution in [2.75, 3.05) is 6.61 Å². The maximum atomic E-state index is 5.49. The SMILES string of the molecule is C=COCC(N)CC. The highest BCUT2D eigenvalue weighted by molar-refractivity contribution is 4.58. The van der Waals surface area contributed by atoms with Crippen LogP contribution in [0.3, 0.4) is 0 Å². The number of nitrogens with two attached hydrogens (primary N) is 1. The van der Waals surface area contributed by atoms with Gasteiger partial charge in [0.15, 0.2) is 0 Å². The molecule has 2 N–H and O–H groups in total. The highest BCUT2D eigenvalue weighted by atomic mass is 16.5. The lowest BCUT2D eigenvalue weighted by Crippen LogP contribution is -2.23. The van der Waals surface area contributed by atoms with Crippen molar-refractivity contribution in [2.45, 2.75) is 19.4 Å². The van der Waals surface area contributed by atoms with E-state index in [1.807, 2.05) is 6.92 Å². The number of hydrogen-bond donors (Lipinski definition) is 1. The molecule has 0 spiro atoms. The monoisotopic (exact) mass is 115 g/mol. The zero-order chi connectivity index (χ0) is 6.41. The van der Waals surface area contributed by atoms with Gasteiger partial charge in [-0.1, -0.05) is 13.5 Å². The number of hydrogen-bond acceptors (Lipinski definition) is 2. The fourth-order valence-electron chi connectivity index (χ4n) is 0.309. The van der Waals surface area contributed by atoms with Crippen LogP contribution in [-0.4, -0.2) is 12.6 Å². The molecule has 48 valence electrons. The van der Waals surface area contributed by atoms with E-state index in [-0.39, 0.29) is 6.04 Å². The average Bonchev–Trinajstić information content (AvgIpc) is 1.83. The van der Waals surface area contributed by atoms with Crippen LogP contribution in [0.2, 0.25) is 0 Å². The van der Waals surface area contributed by atoms with Crippen molar-refractivity contribution in [3.05, 3.63) is 12.8 Å². The zero-order valence-corrected chi connectivity index (χ0v) is 5.26. The summed E-state index contributed by atoms with van der Waals surface area (Å²) in [5.41, 5.74) is 5.49. The van der Waals surface area contributed by atoms with Crippen molar-refractivity contribution < 1.29 is 4.74 Å². The Morgan fingerprint density at radius 1 is 1.88 bits per heavy atom. The molecule has 0 heterocycles. The van der Waals surface area contributed by atoms with E-state index in [1.165, 1.54) is 6.26 Å². The molecule has 0 aliphatic rings. The molecule has 0 aromatic rings. The van der Waals surface area contributed by atoms with Gasteiger partial charge in [0, 0.05) is 6.04 Å². The maximum Gasteiger partial charge on any atom is 0.102 e. The second-order valence-corrected chi connectivity index (χ2v) is 1.67. The third kappa shape index (κ3) is 3.68. The van der Waals surface area contributed by atoms with Crippen LogP contribution in [0.15, 0.2) is 12.8 Å². The van der Waals surface area contributed by atoms with E-state index in [1.54, 1.807) is 0 Å². The van der Waals surface area contributed by atoms with Crippen LogP contribution in [0.4, 0.5) is 0 Å². The van der Waals surface area contributed by atoms with Crippen LogP contribution in [0.25, 0.3) is 0 Å². The van der Waals surface area contributed by atoms with Gasteiger partial charge in [0.2, 0.25) is 0 Å². The summed E-state index contributed by atoms with van der Waals surface area (Å²) in [6.07, 6.45) is 2.36. The summed E-state index contributed by atoms with van der Waals surface area (Å²) in [5, 5.41) is 0. The predicted molar refractivity (Wildman–Crippen MR) is 34.4 cm³/mol. The predicted octanol–water partition coefficient (Wildman–Crippen LogP) is 0.884. The highest BCUT2D eigenvalue weighted by Crippen LogP contribution is 1.86. The fraction of sp³-hybridized carbons (Fsp3) is 0.667. The molecule has 0 radical (unpaired) electrons. The molecule has 0 aromatic carbocycles. The van der Waals surface area contributed by atoms with E-state index in [0.29, 0.717) is 6.61 Å². The van der Waals surface area contributed by atoms with E-state index in [2.05, 4.69) is 6.58 Å². The minimum Gasteiger partial charge on any atom is -0.500 e. The van der Waals surface area contributed by atoms with Gasteiger partial charge >= 0.3 is 0 Å². The second-order valence-electron chi connectivity index (χ2n) is 1.67. The Kier molecular flexibility index (Phi) is 4.36. The van der Waals surface area contributed by atoms with Gasteiger partial charge in [0.1, 0.15) is 6.61 Å². The number of ether oxygens (including phenoxy) is 1. The fourth-order valence-corrected chi connectivity index (χ4v) is 0.309. The van der Waals surface area contributed by atoms with Crippen LogP contribution in [0.5, 0.6) is 0 Å². The van der Waals surface area contributed by atoms with E-state index < -0.39 is 0 Å². The Morgan fingerprint density at radius 3 is 2.88 bits per heavy atom. The van der Waals surface area contributed by atoms with E-state index in [4.69, 9.17) is 10.5 Å². The highest BCUT2D eigenvalue weighted by Gasteiger charge is 1.94. The molecule has 2 nitrogen and oxygen atoms in total. The van der Waals surface area contributed by atoms with Gasteiger partial charge in [0.25, 0.3) is 0 Å². The summed E-state index contributed by atoms with van der Waals surface area (Å²) in [6, 6.07) is 0.160. The van der Waals surface area contributed by atoms with Gasteiger partial charge in [-0.15, -0.1) is 0 Å². The van der Waals surface area contributed by atoms with E-state index >= 15 is 0 Å². The normalized spacial score (nSPS) is 12.8. The van der Waals surface area contributed by atoms with Crippen LogP contribution in [0, 0.1) is 0 Å². The Hall–Kier alpha value is -0.500. The molecule has 0 saturated carbocycles. The molecule has 0 aromatic heterocycles. The summed E-state index contributed by atoms with van der Waals surface area (Å²) >= 11 is 0. The summed E-state index contributed by atoms with van der Waals surface area (Å²) < 4.78 is 4.83. The zero-order valence-electron chi connectivity index (χ0n) is 5.26. The lowest BCUT2D eigenvalue weighted by molar-refractivity contribution is 0.226. The van der Waals surface area contributed by atoms with Gasteiger partial charge in [-0.25, -0.2) is 0 Å². The molecular formula is C6H13NO. The maximum absolute atomic E-state index is 5.49. The summed E-state index contributed by atoms with van der Waals surface area (Å²) in [7, 11) is 0. The van der Waals surface area contributed by atoms with Crippen molar-refractivity contribution in [1.29, 1.82) is 0 Å². The average molecular weight is 115 g/mol. The first kappa shape index (κ1) is 7.50. The Balaban J connectivity index is 2.97. The molecule has 1 unspecified atom stereocenters. The molecule has 0 rings (SSSR count). The summed E-state index contributed by atoms with van der Waals surface area (Å²) in [5.74, 6) is 0. The second kappa shape index (κ2) is 4.65. The topological polar surface area (TPSA) is 35.2 Å². The molecule has 2 heteroatoms. The van der Waals surface area contributed by atoms with Gasteiger partial charge in [-0.3, -0.25) is 0 Å². The van der Waals surface area contributed by atoms with Gasteiger partial charge in [-0.05, 0) is 6.42 Å². The Bertz CT molecular complexity index is 63.5. The Morgan fingerprint density at radius 2 is 2.50 bits per heavy atom. The lowest BCUT2D eigenvalue weighted by Gasteiger charge is -2.05. The molecule has 1 atom stereocenters. The molecule has 0 fully saturated rings. The third-order valence-electron chi connectivity index (χ3n) is 0.953. The molecule has 0 aliphatic heterocycles. The minimum absolute atomic E-state index is 0.160. The molecule has 8 heavy (non-hydrogen) atoms. The van der Waals surface area contributed by atoms with Gasteiger partial charge < -0.3 is 10.5 Å². The standard InChI is InChI=1S/C6H13NO/c1-3-6(7)5-8-4-2/h4,6H,2-3,5,7H2,1H3. The lowest BCUT2D eigenvalue weighted by atomic mass is 10.3. The smallest absolute Gasteiger partial charge is 0.102 e. The van der Waals surface area contributed by atoms with Gasteiger partial charge in [0.05, 0.1) is 6.26 Å². The van der Waals surface area contributed by atoms with Crippen molar-refractivity contribution in [3.63, 3.8) is 0 Å². The van der Waals surface area contributed by atoms with E-state index in [9.17, 15) is 0 Å². The van der Waals surface area contributed by atoms with E-state index in [0.717, 1.165) is 6.42 Å². The van der Waals surface area contributed by atoms with Crippen LogP contribution in [0.1, 0.15) is 13.3 Å². The minimum atomic E-state index is 0.160. The molecular weight excluding hydrogens is 102 g/mol. The van der Waals surface area contributed by atoms with Crippen LogP contribution in [-0.2, 0) is 4.74 Å². The first-order chi connectivity index (χ1) is 3.81. The van der Waals surface area contributed by atoms with Crippen LogP contribution < -0.4 is 5.73 Å². The third-order valence-corrected chi connectivity index (χ3v) is 0.953. The quantitative estimate of drug-likeness (QED) is 0.552. The van der Waals surface area contributed by atoms with Crippen molar-refractivity contribution in [2.24, 2.45) is 5.73 Å². The van der Waals surface area contributed by atoms with Crippen molar-refractivity contribution in [1.82, 2.24) is 0 Å². The van der Waals surface area contributed by atoms with Gasteiger partial charge in [-0.2, -0.15) is 0 Å². The molecule has 0 saturated heterocycles. The molecule has 0 bridgehead atoms. The number of rotatable bonds is 4. The summed E-state index contributed by atoms with van der Waals surface area (Å²) in [4.78, 5) is 0. The van der Waals surface area contributed by atoms with Crippen molar-refractivity contribution >= 4 is 0 Å². The van der Waals surface area contributed by atoms with Crippen molar-refractivity contribution in [3.8, 4) is 0 Å². The Labute approximate surface area is 50.3 Å². The molecule has 0 amide bonds. The van der Waals surface area contributed by atoms with Crippen LogP contribution >= 0.6 is 0 Å². The molecule has 0 aliphatic carbocycles. The largest absolute Gasteiger partial charge is 0.500 e.